The summed E-state index contributed by atoms with van der Waals surface area (Å²) >= 11 is 0. The van der Waals surface area contributed by atoms with Crippen LogP contribution in [0, 0.1) is 6.92 Å². The smallest absolute Gasteiger partial charge is 0.254 e. The van der Waals surface area contributed by atoms with E-state index in [9.17, 15) is 14.7 Å². The molecule has 0 spiro atoms. The number of aliphatic hydroxyl groups excluding tert-OH is 1. The Labute approximate surface area is 166 Å². The van der Waals surface area contributed by atoms with Crippen LogP contribution in [0.15, 0.2) is 48.5 Å². The Hall–Kier alpha value is -2.66. The van der Waals surface area contributed by atoms with Gasteiger partial charge < -0.3 is 14.9 Å². The summed E-state index contributed by atoms with van der Waals surface area (Å²) in [6.45, 7) is 5.34. The Balaban J connectivity index is 1.68. The van der Waals surface area contributed by atoms with Crippen LogP contribution in [0.25, 0.3) is 0 Å². The molecule has 2 amide bonds. The lowest BCUT2D eigenvalue weighted by Gasteiger charge is -2.31. The Bertz CT molecular complexity index is 845. The number of aryl methyl sites for hydroxylation is 1. The highest BCUT2D eigenvalue weighted by Gasteiger charge is 2.28. The molecule has 0 aliphatic carbocycles. The van der Waals surface area contributed by atoms with Crippen molar-refractivity contribution in [3.63, 3.8) is 0 Å². The van der Waals surface area contributed by atoms with Crippen LogP contribution in [0.1, 0.15) is 46.8 Å². The van der Waals surface area contributed by atoms with E-state index in [2.05, 4.69) is 0 Å². The van der Waals surface area contributed by atoms with Gasteiger partial charge in [0.1, 0.15) is 0 Å². The van der Waals surface area contributed by atoms with Gasteiger partial charge in [-0.15, -0.1) is 0 Å². The molecule has 1 atom stereocenters. The number of nitrogens with zero attached hydrogens (tertiary/aromatic N) is 2. The van der Waals surface area contributed by atoms with E-state index >= 15 is 0 Å². The number of hydrogen-bond acceptors (Lipinski definition) is 3. The zero-order valence-corrected chi connectivity index (χ0v) is 16.6. The molecule has 1 unspecified atom stereocenters. The number of fused-ring (bicyclic) bond motifs is 1. The molecule has 2 aromatic rings. The lowest BCUT2D eigenvalue weighted by atomic mass is 10.1. The fourth-order valence-corrected chi connectivity index (χ4v) is 3.71. The number of carbonyl (C=O) groups is 2. The zero-order chi connectivity index (χ0) is 20.1. The van der Waals surface area contributed by atoms with Gasteiger partial charge in [-0.3, -0.25) is 9.59 Å². The maximum absolute atomic E-state index is 13.0. The molecular weight excluding hydrogens is 352 g/mol. The van der Waals surface area contributed by atoms with E-state index in [1.165, 1.54) is 0 Å². The second-order valence-corrected chi connectivity index (χ2v) is 7.33. The summed E-state index contributed by atoms with van der Waals surface area (Å²) < 4.78 is 0. The van der Waals surface area contributed by atoms with E-state index in [-0.39, 0.29) is 30.9 Å². The molecule has 0 saturated heterocycles. The van der Waals surface area contributed by atoms with Crippen LogP contribution < -0.4 is 0 Å². The van der Waals surface area contributed by atoms with E-state index in [1.54, 1.807) is 9.80 Å². The molecule has 0 saturated carbocycles. The fraction of sp³-hybridized carbons (Fsp3) is 0.391. The van der Waals surface area contributed by atoms with Crippen LogP contribution in [0.3, 0.4) is 0 Å². The monoisotopic (exact) mass is 380 g/mol. The molecule has 0 bridgehead atoms. The summed E-state index contributed by atoms with van der Waals surface area (Å²) in [6, 6.07) is 15.3. The van der Waals surface area contributed by atoms with Gasteiger partial charge in [-0.25, -0.2) is 0 Å². The van der Waals surface area contributed by atoms with E-state index in [1.807, 2.05) is 62.4 Å². The maximum atomic E-state index is 13.0. The van der Waals surface area contributed by atoms with Gasteiger partial charge in [0.2, 0.25) is 5.91 Å². The minimum Gasteiger partial charge on any atom is -0.394 e. The third-order valence-electron chi connectivity index (χ3n) is 5.54. The second-order valence-electron chi connectivity index (χ2n) is 7.33. The third-order valence-corrected chi connectivity index (χ3v) is 5.54. The Morgan fingerprint density at radius 1 is 1.18 bits per heavy atom. The minimum absolute atomic E-state index is 0.0111. The zero-order valence-electron chi connectivity index (χ0n) is 16.6. The summed E-state index contributed by atoms with van der Waals surface area (Å²) in [5.41, 5.74) is 3.94. The largest absolute Gasteiger partial charge is 0.394 e. The predicted octanol–water partition coefficient (Wildman–Crippen LogP) is 3.14. The van der Waals surface area contributed by atoms with Gasteiger partial charge in [-0.2, -0.15) is 0 Å². The van der Waals surface area contributed by atoms with E-state index in [0.29, 0.717) is 26.1 Å². The van der Waals surface area contributed by atoms with E-state index in [0.717, 1.165) is 22.3 Å². The molecule has 1 N–H and O–H groups in total. The van der Waals surface area contributed by atoms with Gasteiger partial charge in [-0.1, -0.05) is 49.4 Å². The van der Waals surface area contributed by atoms with Crippen LogP contribution in [-0.4, -0.2) is 45.9 Å². The number of amides is 2. The average Bonchev–Trinajstić information content (AvgIpc) is 3.03. The third kappa shape index (κ3) is 4.25. The van der Waals surface area contributed by atoms with Crippen molar-refractivity contribution in [3.8, 4) is 0 Å². The predicted molar refractivity (Wildman–Crippen MR) is 109 cm³/mol. The number of benzene rings is 2. The standard InChI is InChI=1S/C23H28N2O3/c1-3-20(16-26)25(15-18-9-5-4-8-17(18)2)22(27)12-13-24-14-19-10-6-7-11-21(19)23(24)28/h4-11,20,26H,3,12-16H2,1-2H3. The molecular formula is C23H28N2O3. The van der Waals surface area contributed by atoms with E-state index in [4.69, 9.17) is 0 Å². The van der Waals surface area contributed by atoms with Gasteiger partial charge >= 0.3 is 0 Å². The Morgan fingerprint density at radius 2 is 1.89 bits per heavy atom. The molecule has 1 aliphatic rings. The number of hydrogen-bond donors (Lipinski definition) is 1. The number of rotatable bonds is 8. The van der Waals surface area contributed by atoms with Crippen LogP contribution >= 0.6 is 0 Å². The topological polar surface area (TPSA) is 60.9 Å². The molecule has 1 heterocycles. The van der Waals surface area contributed by atoms with Crippen LogP contribution in [0.5, 0.6) is 0 Å². The quantitative estimate of drug-likeness (QED) is 0.765. The van der Waals surface area contributed by atoms with Gasteiger partial charge in [0.25, 0.3) is 5.91 Å². The van der Waals surface area contributed by atoms with Crippen molar-refractivity contribution in [1.29, 1.82) is 0 Å². The van der Waals surface area contributed by atoms with Crippen molar-refractivity contribution in [3.05, 3.63) is 70.8 Å². The van der Waals surface area contributed by atoms with Crippen molar-refractivity contribution in [2.24, 2.45) is 0 Å². The highest BCUT2D eigenvalue weighted by atomic mass is 16.3. The van der Waals surface area contributed by atoms with Gasteiger partial charge in [0.05, 0.1) is 12.6 Å². The molecule has 148 valence electrons. The summed E-state index contributed by atoms with van der Waals surface area (Å²) in [5, 5.41) is 9.77. The molecule has 28 heavy (non-hydrogen) atoms. The maximum Gasteiger partial charge on any atom is 0.254 e. The first-order chi connectivity index (χ1) is 13.5. The first-order valence-corrected chi connectivity index (χ1v) is 9.87. The number of aliphatic hydroxyl groups is 1. The molecule has 3 rings (SSSR count). The highest BCUT2D eigenvalue weighted by Crippen LogP contribution is 2.23. The lowest BCUT2D eigenvalue weighted by Crippen LogP contribution is -2.43. The summed E-state index contributed by atoms with van der Waals surface area (Å²) in [6.07, 6.45) is 0.935. The van der Waals surface area contributed by atoms with Gasteiger partial charge in [0, 0.05) is 31.6 Å². The van der Waals surface area contributed by atoms with Crippen LogP contribution in [0.2, 0.25) is 0 Å². The molecule has 5 nitrogen and oxygen atoms in total. The minimum atomic E-state index is -0.224. The van der Waals surface area contributed by atoms with Gasteiger partial charge in [0.15, 0.2) is 0 Å². The van der Waals surface area contributed by atoms with E-state index < -0.39 is 0 Å². The van der Waals surface area contributed by atoms with Gasteiger partial charge in [-0.05, 0) is 36.1 Å². The highest BCUT2D eigenvalue weighted by molar-refractivity contribution is 5.98. The second kappa shape index (κ2) is 9.02. The Kier molecular flexibility index (Phi) is 6.47. The molecule has 1 aliphatic heterocycles. The summed E-state index contributed by atoms with van der Waals surface area (Å²) in [7, 11) is 0. The molecule has 2 aromatic carbocycles. The van der Waals surface area contributed by atoms with Crippen molar-refractivity contribution in [2.45, 2.75) is 45.8 Å². The molecule has 0 fully saturated rings. The first-order valence-electron chi connectivity index (χ1n) is 9.87. The van der Waals surface area contributed by atoms with Crippen molar-refractivity contribution in [2.75, 3.05) is 13.2 Å². The first kappa shape index (κ1) is 20.1. The Morgan fingerprint density at radius 3 is 2.57 bits per heavy atom. The lowest BCUT2D eigenvalue weighted by molar-refractivity contribution is -0.135. The SMILES string of the molecule is CCC(CO)N(Cc1ccccc1C)C(=O)CCN1Cc2ccccc2C1=O. The average molecular weight is 380 g/mol. The van der Waals surface area contributed by atoms with Crippen molar-refractivity contribution >= 4 is 11.8 Å². The van der Waals surface area contributed by atoms with Crippen molar-refractivity contribution < 1.29 is 14.7 Å². The molecule has 5 heteroatoms. The number of carbonyl (C=O) groups excluding carboxylic acids is 2. The fourth-order valence-electron chi connectivity index (χ4n) is 3.71. The molecule has 0 aromatic heterocycles. The summed E-state index contributed by atoms with van der Waals surface area (Å²) in [5.74, 6) is -0.0454. The summed E-state index contributed by atoms with van der Waals surface area (Å²) in [4.78, 5) is 29.0. The molecule has 0 radical (unpaired) electrons. The van der Waals surface area contributed by atoms with Crippen LogP contribution in [-0.2, 0) is 17.9 Å². The van der Waals surface area contributed by atoms with Crippen LogP contribution in [0.4, 0.5) is 0 Å². The van der Waals surface area contributed by atoms with Crippen molar-refractivity contribution in [1.82, 2.24) is 9.80 Å². The normalized spacial score (nSPS) is 14.1.